The Labute approximate surface area is 123 Å². The molecule has 20 heavy (non-hydrogen) atoms. The van der Waals surface area contributed by atoms with E-state index in [1.165, 1.54) is 0 Å². The number of urea groups is 1. The van der Waals surface area contributed by atoms with Gasteiger partial charge in [-0.15, -0.1) is 11.8 Å². The first kappa shape index (κ1) is 16.4. The van der Waals surface area contributed by atoms with Crippen molar-refractivity contribution in [1.82, 2.24) is 5.32 Å². The van der Waals surface area contributed by atoms with Gasteiger partial charge in [0.1, 0.15) is 6.04 Å². The highest BCUT2D eigenvalue weighted by Crippen LogP contribution is 2.18. The van der Waals surface area contributed by atoms with Crippen LogP contribution >= 0.6 is 11.8 Å². The van der Waals surface area contributed by atoms with Crippen molar-refractivity contribution in [2.45, 2.75) is 31.2 Å². The molecule has 0 radical (unpaired) electrons. The molecule has 0 aliphatic heterocycles. The molecule has 110 valence electrons. The van der Waals surface area contributed by atoms with Gasteiger partial charge in [0.25, 0.3) is 0 Å². The van der Waals surface area contributed by atoms with Crippen LogP contribution < -0.4 is 10.6 Å². The molecule has 0 aliphatic rings. The number of aliphatic carboxylic acids is 1. The molecule has 0 aliphatic carbocycles. The van der Waals surface area contributed by atoms with Crippen LogP contribution in [-0.2, 0) is 4.79 Å². The van der Waals surface area contributed by atoms with Gasteiger partial charge in [0.05, 0.1) is 0 Å². The van der Waals surface area contributed by atoms with Crippen molar-refractivity contribution in [3.05, 3.63) is 24.3 Å². The van der Waals surface area contributed by atoms with Gasteiger partial charge in [0, 0.05) is 10.6 Å². The lowest BCUT2D eigenvalue weighted by Gasteiger charge is -2.17. The van der Waals surface area contributed by atoms with Gasteiger partial charge in [-0.05, 0) is 36.8 Å². The number of thioether (sulfide) groups is 1. The summed E-state index contributed by atoms with van der Waals surface area (Å²) in [6.45, 7) is 3.83. The Morgan fingerprint density at radius 3 is 2.60 bits per heavy atom. The zero-order valence-corrected chi connectivity index (χ0v) is 12.7. The molecule has 0 fully saturated rings. The van der Waals surface area contributed by atoms with E-state index in [0.29, 0.717) is 12.1 Å². The topological polar surface area (TPSA) is 78.4 Å². The second kappa shape index (κ2) is 7.79. The number of carbonyl (C=O) groups is 2. The zero-order valence-electron chi connectivity index (χ0n) is 11.8. The molecule has 2 amide bonds. The Hall–Kier alpha value is -1.69. The van der Waals surface area contributed by atoms with E-state index < -0.39 is 18.0 Å². The zero-order chi connectivity index (χ0) is 15.1. The number of carboxylic acids is 1. The van der Waals surface area contributed by atoms with Crippen molar-refractivity contribution in [2.75, 3.05) is 11.6 Å². The highest BCUT2D eigenvalue weighted by molar-refractivity contribution is 7.98. The number of carboxylic acid groups (broad SMARTS) is 1. The van der Waals surface area contributed by atoms with Crippen LogP contribution in [0, 0.1) is 5.92 Å². The summed E-state index contributed by atoms with van der Waals surface area (Å²) >= 11 is 1.57. The van der Waals surface area contributed by atoms with Crippen LogP contribution in [0.4, 0.5) is 10.5 Å². The summed E-state index contributed by atoms with van der Waals surface area (Å²) in [7, 11) is 0. The van der Waals surface area contributed by atoms with E-state index in [9.17, 15) is 9.59 Å². The first-order valence-corrected chi connectivity index (χ1v) is 7.59. The molecule has 0 aromatic heterocycles. The van der Waals surface area contributed by atoms with E-state index in [-0.39, 0.29) is 5.92 Å². The quantitative estimate of drug-likeness (QED) is 0.705. The maximum Gasteiger partial charge on any atom is 0.326 e. The molecule has 1 atom stereocenters. The number of nitrogens with one attached hydrogen (secondary N) is 2. The number of hydrogen-bond acceptors (Lipinski definition) is 3. The number of hydrogen-bond donors (Lipinski definition) is 3. The van der Waals surface area contributed by atoms with Gasteiger partial charge in [0.15, 0.2) is 0 Å². The van der Waals surface area contributed by atoms with Gasteiger partial charge in [-0.1, -0.05) is 19.9 Å². The minimum atomic E-state index is -1.02. The maximum absolute atomic E-state index is 11.8. The Morgan fingerprint density at radius 1 is 1.35 bits per heavy atom. The lowest BCUT2D eigenvalue weighted by molar-refractivity contribution is -0.139. The molecule has 0 heterocycles. The van der Waals surface area contributed by atoms with Crippen molar-refractivity contribution < 1.29 is 14.7 Å². The summed E-state index contributed by atoms with van der Waals surface area (Å²) in [6, 6.07) is 5.99. The fourth-order valence-electron chi connectivity index (χ4n) is 1.72. The largest absolute Gasteiger partial charge is 0.480 e. The molecule has 0 saturated heterocycles. The molecule has 1 aromatic rings. The summed E-state index contributed by atoms with van der Waals surface area (Å²) in [5.41, 5.74) is 0.642. The number of benzene rings is 1. The molecule has 0 bridgehead atoms. The fraction of sp³-hybridized carbons (Fsp3) is 0.429. The fourth-order valence-corrected chi connectivity index (χ4v) is 2.18. The maximum atomic E-state index is 11.8. The molecule has 1 unspecified atom stereocenters. The van der Waals surface area contributed by atoms with E-state index in [0.717, 1.165) is 4.90 Å². The Balaban J connectivity index is 2.63. The Morgan fingerprint density at radius 2 is 2.05 bits per heavy atom. The predicted molar refractivity (Wildman–Crippen MR) is 81.3 cm³/mol. The number of rotatable bonds is 6. The van der Waals surface area contributed by atoms with E-state index >= 15 is 0 Å². The highest BCUT2D eigenvalue weighted by atomic mass is 32.2. The third-order valence-corrected chi connectivity index (χ3v) is 3.36. The number of amides is 2. The van der Waals surface area contributed by atoms with E-state index in [1.54, 1.807) is 17.8 Å². The van der Waals surface area contributed by atoms with E-state index in [1.807, 2.05) is 38.3 Å². The van der Waals surface area contributed by atoms with Crippen LogP contribution in [0.2, 0.25) is 0 Å². The van der Waals surface area contributed by atoms with Gasteiger partial charge in [-0.2, -0.15) is 0 Å². The molecule has 1 aromatic carbocycles. The van der Waals surface area contributed by atoms with Crippen LogP contribution in [0.1, 0.15) is 20.3 Å². The third kappa shape index (κ3) is 5.52. The lowest BCUT2D eigenvalue weighted by Crippen LogP contribution is -2.43. The molecule has 6 heteroatoms. The minimum absolute atomic E-state index is 0.191. The van der Waals surface area contributed by atoms with Gasteiger partial charge >= 0.3 is 12.0 Å². The summed E-state index contributed by atoms with van der Waals surface area (Å²) in [6.07, 6.45) is 2.34. The summed E-state index contributed by atoms with van der Waals surface area (Å²) in [5, 5.41) is 14.2. The summed E-state index contributed by atoms with van der Waals surface area (Å²) in [5.74, 6) is -0.831. The second-order valence-electron chi connectivity index (χ2n) is 4.85. The van der Waals surface area contributed by atoms with Gasteiger partial charge in [-0.25, -0.2) is 9.59 Å². The molecule has 0 spiro atoms. The van der Waals surface area contributed by atoms with Crippen LogP contribution in [0.5, 0.6) is 0 Å². The van der Waals surface area contributed by atoms with Gasteiger partial charge < -0.3 is 15.7 Å². The van der Waals surface area contributed by atoms with Crippen molar-refractivity contribution in [3.8, 4) is 0 Å². The second-order valence-corrected chi connectivity index (χ2v) is 5.73. The Bertz CT molecular complexity index is 477. The van der Waals surface area contributed by atoms with Gasteiger partial charge in [0.2, 0.25) is 0 Å². The first-order chi connectivity index (χ1) is 9.42. The lowest BCUT2D eigenvalue weighted by atomic mass is 10.0. The predicted octanol–water partition coefficient (Wildman–Crippen LogP) is 3.03. The number of anilines is 1. The van der Waals surface area contributed by atoms with Gasteiger partial charge in [-0.3, -0.25) is 0 Å². The summed E-state index contributed by atoms with van der Waals surface area (Å²) < 4.78 is 0. The van der Waals surface area contributed by atoms with Crippen LogP contribution in [0.15, 0.2) is 29.2 Å². The molecule has 1 rings (SSSR count). The summed E-state index contributed by atoms with van der Waals surface area (Å²) in [4.78, 5) is 23.9. The van der Waals surface area contributed by atoms with Crippen LogP contribution in [0.25, 0.3) is 0 Å². The molecule has 3 N–H and O–H groups in total. The normalized spacial score (nSPS) is 12.0. The van der Waals surface area contributed by atoms with E-state index in [4.69, 9.17) is 5.11 Å². The molecular formula is C14H20N2O3S. The monoisotopic (exact) mass is 296 g/mol. The highest BCUT2D eigenvalue weighted by Gasteiger charge is 2.20. The SMILES string of the molecule is CSc1cccc(NC(=O)NC(CC(C)C)C(=O)O)c1. The van der Waals surface area contributed by atoms with Crippen LogP contribution in [0.3, 0.4) is 0 Å². The molecule has 5 nitrogen and oxygen atoms in total. The van der Waals surface area contributed by atoms with Crippen molar-refractivity contribution in [1.29, 1.82) is 0 Å². The molecule has 0 saturated carbocycles. The van der Waals surface area contributed by atoms with E-state index in [2.05, 4.69) is 10.6 Å². The van der Waals surface area contributed by atoms with Crippen molar-refractivity contribution in [2.24, 2.45) is 5.92 Å². The average molecular weight is 296 g/mol. The van der Waals surface area contributed by atoms with Crippen LogP contribution in [-0.4, -0.2) is 29.4 Å². The van der Waals surface area contributed by atoms with Crippen molar-refractivity contribution in [3.63, 3.8) is 0 Å². The number of carbonyl (C=O) groups excluding carboxylic acids is 1. The minimum Gasteiger partial charge on any atom is -0.480 e. The average Bonchev–Trinajstić information content (AvgIpc) is 2.37. The molecular weight excluding hydrogens is 276 g/mol. The smallest absolute Gasteiger partial charge is 0.326 e. The Kier molecular flexibility index (Phi) is 6.38. The standard InChI is InChI=1S/C14H20N2O3S/c1-9(2)7-12(13(17)18)16-14(19)15-10-5-4-6-11(8-10)20-3/h4-6,8-9,12H,7H2,1-3H3,(H,17,18)(H2,15,16,19). The first-order valence-electron chi connectivity index (χ1n) is 6.36. The third-order valence-electron chi connectivity index (χ3n) is 2.64. The van der Waals surface area contributed by atoms with Crippen molar-refractivity contribution >= 4 is 29.4 Å².